The summed E-state index contributed by atoms with van der Waals surface area (Å²) in [6.07, 6.45) is 1.51. The van der Waals surface area contributed by atoms with Gasteiger partial charge in [-0.15, -0.1) is 0 Å². The zero-order valence-corrected chi connectivity index (χ0v) is 21.4. The van der Waals surface area contributed by atoms with Crippen LogP contribution in [0.1, 0.15) is 52.2 Å². The molecule has 0 fully saturated rings. The maximum absolute atomic E-state index is 13.1. The molecule has 0 spiro atoms. The first-order chi connectivity index (χ1) is 15.1. The normalized spacial score (nSPS) is 12.2. The Labute approximate surface area is 200 Å². The summed E-state index contributed by atoms with van der Waals surface area (Å²) in [4.78, 5) is 27.3. The molecular formula is C26H35BrN2O3. The lowest BCUT2D eigenvalue weighted by Gasteiger charge is -2.29. The second-order valence-corrected chi connectivity index (χ2v) is 9.83. The highest BCUT2D eigenvalue weighted by atomic mass is 79.9. The molecule has 32 heavy (non-hydrogen) atoms. The fraction of sp³-hybridized carbons (Fsp3) is 0.462. The number of ether oxygens (including phenoxy) is 1. The maximum atomic E-state index is 13.1. The molecule has 0 aliphatic carbocycles. The average Bonchev–Trinajstić information content (AvgIpc) is 2.76. The Hall–Kier alpha value is -2.34. The van der Waals surface area contributed by atoms with Crippen molar-refractivity contribution >= 4 is 27.7 Å². The van der Waals surface area contributed by atoms with Crippen molar-refractivity contribution in [2.24, 2.45) is 0 Å². The zero-order chi connectivity index (χ0) is 23.7. The largest absolute Gasteiger partial charge is 0.483 e. The third kappa shape index (κ3) is 7.66. The Morgan fingerprint density at radius 2 is 1.81 bits per heavy atom. The van der Waals surface area contributed by atoms with Crippen LogP contribution in [0.4, 0.5) is 0 Å². The number of carbonyl (C=O) groups is 2. The van der Waals surface area contributed by atoms with Crippen LogP contribution in [0.5, 0.6) is 5.75 Å². The third-order valence-corrected chi connectivity index (χ3v) is 5.97. The second-order valence-electron chi connectivity index (χ2n) is 8.97. The van der Waals surface area contributed by atoms with Crippen LogP contribution in [-0.4, -0.2) is 42.5 Å². The molecular weight excluding hydrogens is 468 g/mol. The Morgan fingerprint density at radius 1 is 1.12 bits per heavy atom. The summed E-state index contributed by atoms with van der Waals surface area (Å²) in [6, 6.07) is 15.3. The van der Waals surface area contributed by atoms with E-state index in [1.165, 1.54) is 5.56 Å². The number of carbonyl (C=O) groups excluding carboxylic acids is 2. The minimum absolute atomic E-state index is 0.0202. The number of amides is 2. The summed E-state index contributed by atoms with van der Waals surface area (Å²) >= 11 is 3.55. The third-order valence-electron chi connectivity index (χ3n) is 5.35. The van der Waals surface area contributed by atoms with Crippen molar-refractivity contribution < 1.29 is 14.3 Å². The fourth-order valence-electron chi connectivity index (χ4n) is 3.27. The van der Waals surface area contributed by atoms with E-state index < -0.39 is 6.04 Å². The van der Waals surface area contributed by atoms with Gasteiger partial charge in [-0.05, 0) is 64.4 Å². The van der Waals surface area contributed by atoms with E-state index in [2.05, 4.69) is 42.0 Å². The van der Waals surface area contributed by atoms with Crippen molar-refractivity contribution in [2.75, 3.05) is 19.7 Å². The van der Waals surface area contributed by atoms with E-state index in [9.17, 15) is 9.59 Å². The molecule has 0 bridgehead atoms. The Balaban J connectivity index is 2.10. The van der Waals surface area contributed by atoms with E-state index in [-0.39, 0.29) is 23.8 Å². The number of rotatable bonds is 10. The Morgan fingerprint density at radius 3 is 2.41 bits per heavy atom. The molecule has 2 aromatic rings. The average molecular weight is 503 g/mol. The first-order valence-corrected chi connectivity index (χ1v) is 12.0. The van der Waals surface area contributed by atoms with Crippen LogP contribution in [-0.2, 0) is 21.4 Å². The number of hydrogen-bond acceptors (Lipinski definition) is 3. The molecule has 2 aromatic carbocycles. The van der Waals surface area contributed by atoms with Crippen LogP contribution in [0, 0.1) is 0 Å². The van der Waals surface area contributed by atoms with Gasteiger partial charge in [0.15, 0.2) is 6.61 Å². The summed E-state index contributed by atoms with van der Waals surface area (Å²) in [5.41, 5.74) is 2.31. The van der Waals surface area contributed by atoms with Crippen LogP contribution < -0.4 is 10.1 Å². The van der Waals surface area contributed by atoms with Crippen molar-refractivity contribution in [2.45, 2.75) is 58.9 Å². The molecule has 1 atom stereocenters. The predicted octanol–water partition coefficient (Wildman–Crippen LogP) is 5.11. The summed E-state index contributed by atoms with van der Waals surface area (Å²) < 4.78 is 6.65. The molecule has 1 N–H and O–H groups in total. The summed E-state index contributed by atoms with van der Waals surface area (Å²) in [6.45, 7) is 11.1. The van der Waals surface area contributed by atoms with Crippen molar-refractivity contribution in [3.63, 3.8) is 0 Å². The van der Waals surface area contributed by atoms with E-state index >= 15 is 0 Å². The molecule has 0 saturated carbocycles. The minimum Gasteiger partial charge on any atom is -0.483 e. The summed E-state index contributed by atoms with van der Waals surface area (Å²) in [5.74, 6) is 0.244. The monoisotopic (exact) mass is 502 g/mol. The fourth-order valence-corrected chi connectivity index (χ4v) is 3.77. The van der Waals surface area contributed by atoms with Crippen LogP contribution in [0.2, 0.25) is 0 Å². The van der Waals surface area contributed by atoms with Gasteiger partial charge < -0.3 is 15.0 Å². The number of benzene rings is 2. The van der Waals surface area contributed by atoms with Gasteiger partial charge in [-0.25, -0.2) is 0 Å². The molecule has 0 radical (unpaired) electrons. The van der Waals surface area contributed by atoms with Gasteiger partial charge in [0.05, 0.1) is 4.47 Å². The molecule has 5 nitrogen and oxygen atoms in total. The smallest absolute Gasteiger partial charge is 0.261 e. The van der Waals surface area contributed by atoms with Gasteiger partial charge in [0.1, 0.15) is 11.8 Å². The van der Waals surface area contributed by atoms with E-state index in [0.29, 0.717) is 25.3 Å². The van der Waals surface area contributed by atoms with Gasteiger partial charge in [0, 0.05) is 13.1 Å². The quantitative estimate of drug-likeness (QED) is 0.490. The lowest BCUT2D eigenvalue weighted by molar-refractivity contribution is -0.141. The zero-order valence-electron chi connectivity index (χ0n) is 19.8. The number of halogens is 1. The predicted molar refractivity (Wildman–Crippen MR) is 133 cm³/mol. The molecule has 2 rings (SSSR count). The molecule has 0 saturated heterocycles. The van der Waals surface area contributed by atoms with E-state index in [1.807, 2.05) is 55.5 Å². The van der Waals surface area contributed by atoms with Crippen molar-refractivity contribution in [1.29, 1.82) is 0 Å². The van der Waals surface area contributed by atoms with E-state index in [4.69, 9.17) is 4.74 Å². The van der Waals surface area contributed by atoms with E-state index in [0.717, 1.165) is 16.5 Å². The number of nitrogens with one attached hydrogen (secondary N) is 1. The van der Waals surface area contributed by atoms with Gasteiger partial charge >= 0.3 is 0 Å². The summed E-state index contributed by atoms with van der Waals surface area (Å²) in [5, 5.41) is 2.89. The lowest BCUT2D eigenvalue weighted by atomic mass is 9.87. The highest BCUT2D eigenvalue weighted by Crippen LogP contribution is 2.31. The maximum Gasteiger partial charge on any atom is 0.261 e. The highest BCUT2D eigenvalue weighted by Gasteiger charge is 2.26. The number of hydrogen-bond donors (Lipinski definition) is 1. The SMILES string of the molecule is CCCNC(=O)C(C)N(CCc1ccccc1)C(=O)COc1ccc(C(C)(C)C)cc1Br. The van der Waals surface area contributed by atoms with Gasteiger partial charge in [-0.1, -0.05) is 64.1 Å². The molecule has 6 heteroatoms. The molecule has 0 aliphatic heterocycles. The Bertz CT molecular complexity index is 894. The molecule has 0 aliphatic rings. The molecule has 0 aromatic heterocycles. The van der Waals surface area contributed by atoms with Crippen LogP contribution in [0.3, 0.4) is 0 Å². The van der Waals surface area contributed by atoms with Crippen LogP contribution in [0.15, 0.2) is 53.0 Å². The van der Waals surface area contributed by atoms with Crippen LogP contribution >= 0.6 is 15.9 Å². The van der Waals surface area contributed by atoms with Gasteiger partial charge in [-0.2, -0.15) is 0 Å². The Kier molecular flexibility index (Phi) is 9.76. The first-order valence-electron chi connectivity index (χ1n) is 11.2. The van der Waals surface area contributed by atoms with Crippen molar-refractivity contribution in [3.05, 3.63) is 64.1 Å². The van der Waals surface area contributed by atoms with Gasteiger partial charge in [0.2, 0.25) is 5.91 Å². The van der Waals surface area contributed by atoms with Crippen molar-refractivity contribution in [1.82, 2.24) is 10.2 Å². The molecule has 0 heterocycles. The summed E-state index contributed by atoms with van der Waals surface area (Å²) in [7, 11) is 0. The van der Waals surface area contributed by atoms with Gasteiger partial charge in [-0.3, -0.25) is 9.59 Å². The molecule has 174 valence electrons. The van der Waals surface area contributed by atoms with Crippen LogP contribution in [0.25, 0.3) is 0 Å². The lowest BCUT2D eigenvalue weighted by Crippen LogP contribution is -2.50. The molecule has 2 amide bonds. The highest BCUT2D eigenvalue weighted by molar-refractivity contribution is 9.10. The number of nitrogens with zero attached hydrogens (tertiary/aromatic N) is 1. The second kappa shape index (κ2) is 12.0. The van der Waals surface area contributed by atoms with E-state index in [1.54, 1.807) is 11.8 Å². The standard InChI is InChI=1S/C26H35BrN2O3/c1-6-15-28-25(31)19(2)29(16-14-20-10-8-7-9-11-20)24(30)18-32-23-13-12-21(17-22(23)27)26(3,4)5/h7-13,17,19H,6,14-16,18H2,1-5H3,(H,28,31). The topological polar surface area (TPSA) is 58.6 Å². The molecule has 1 unspecified atom stereocenters. The minimum atomic E-state index is -0.576. The van der Waals surface area contributed by atoms with Crippen molar-refractivity contribution in [3.8, 4) is 5.75 Å². The first kappa shape index (κ1) is 25.9. The van der Waals surface area contributed by atoms with Gasteiger partial charge in [0.25, 0.3) is 5.91 Å².